The van der Waals surface area contributed by atoms with Crippen molar-refractivity contribution in [3.8, 4) is 0 Å². The molecule has 57 heavy (non-hydrogen) atoms. The molecule has 0 aromatic rings. The topological polar surface area (TPSA) is 89.8 Å². The number of hydrogen-bond donors (Lipinski definition) is 4. The molecule has 0 aliphatic carbocycles. The quantitative estimate of drug-likeness (QED) is 0.0364. The molecule has 0 bridgehead atoms. The predicted molar refractivity (Wildman–Crippen MR) is 250 cm³/mol. The normalized spacial score (nSPS) is 13.6. The Morgan fingerprint density at radius 3 is 1.07 bits per heavy atom. The molecule has 3 atom stereocenters. The first-order chi connectivity index (χ1) is 28.0. The molecule has 5 nitrogen and oxygen atoms in total. The van der Waals surface area contributed by atoms with Gasteiger partial charge in [-0.25, -0.2) is 0 Å². The van der Waals surface area contributed by atoms with E-state index in [-0.39, 0.29) is 18.9 Å². The number of allylic oxidation sites excluding steroid dienone is 3. The van der Waals surface area contributed by atoms with Crippen LogP contribution >= 0.6 is 0 Å². The molecule has 0 heterocycles. The fourth-order valence-electron chi connectivity index (χ4n) is 8.04. The van der Waals surface area contributed by atoms with Crippen LogP contribution in [0.2, 0.25) is 0 Å². The first-order valence-electron chi connectivity index (χ1n) is 25.6. The molecule has 4 N–H and O–H groups in total. The van der Waals surface area contributed by atoms with Gasteiger partial charge in [0.05, 0.1) is 31.3 Å². The van der Waals surface area contributed by atoms with Gasteiger partial charge in [0.15, 0.2) is 0 Å². The summed E-state index contributed by atoms with van der Waals surface area (Å²) in [6.45, 7) is 4.24. The molecule has 0 saturated heterocycles. The van der Waals surface area contributed by atoms with E-state index in [4.69, 9.17) is 0 Å². The van der Waals surface area contributed by atoms with Crippen molar-refractivity contribution < 1.29 is 20.1 Å². The minimum absolute atomic E-state index is 0.0101. The number of aliphatic hydroxyl groups is 3. The van der Waals surface area contributed by atoms with Gasteiger partial charge in [-0.15, -0.1) is 0 Å². The molecule has 0 fully saturated rings. The summed E-state index contributed by atoms with van der Waals surface area (Å²) >= 11 is 0. The molecular weight excluding hydrogens is 703 g/mol. The van der Waals surface area contributed by atoms with Crippen LogP contribution in [0, 0.1) is 0 Å². The zero-order valence-electron chi connectivity index (χ0n) is 38.5. The van der Waals surface area contributed by atoms with Crippen molar-refractivity contribution in [1.82, 2.24) is 5.32 Å². The third-order valence-corrected chi connectivity index (χ3v) is 12.0. The summed E-state index contributed by atoms with van der Waals surface area (Å²) < 4.78 is 0. The summed E-state index contributed by atoms with van der Waals surface area (Å²) in [4.78, 5) is 12.5. The molecule has 338 valence electrons. The second-order valence-electron chi connectivity index (χ2n) is 17.8. The number of hydrogen-bond acceptors (Lipinski definition) is 4. The zero-order chi connectivity index (χ0) is 41.5. The zero-order valence-corrected chi connectivity index (χ0v) is 38.5. The van der Waals surface area contributed by atoms with Gasteiger partial charge in [-0.1, -0.05) is 250 Å². The molecule has 0 radical (unpaired) electrons. The Morgan fingerprint density at radius 2 is 0.737 bits per heavy atom. The van der Waals surface area contributed by atoms with Crippen LogP contribution in [0.3, 0.4) is 0 Å². The second kappa shape index (κ2) is 47.5. The molecule has 0 aliphatic rings. The van der Waals surface area contributed by atoms with E-state index in [0.717, 1.165) is 38.5 Å². The Bertz CT molecular complexity index is 844. The van der Waals surface area contributed by atoms with Crippen molar-refractivity contribution in [2.24, 2.45) is 0 Å². The highest BCUT2D eigenvalue weighted by atomic mass is 16.3. The number of carbonyl (C=O) groups excluding carboxylic acids is 1. The van der Waals surface area contributed by atoms with Crippen LogP contribution in [0.15, 0.2) is 24.3 Å². The van der Waals surface area contributed by atoms with E-state index in [1.54, 1.807) is 6.08 Å². The molecule has 0 aromatic carbocycles. The van der Waals surface area contributed by atoms with E-state index in [1.807, 2.05) is 6.08 Å². The molecule has 0 rings (SSSR count). The smallest absolute Gasteiger partial charge is 0.222 e. The fraction of sp³-hybridized carbons (Fsp3) is 0.904. The maximum absolute atomic E-state index is 12.5. The third-order valence-electron chi connectivity index (χ3n) is 12.0. The van der Waals surface area contributed by atoms with Gasteiger partial charge in [0.2, 0.25) is 5.91 Å². The van der Waals surface area contributed by atoms with Gasteiger partial charge in [0, 0.05) is 0 Å². The Kier molecular flexibility index (Phi) is 46.5. The number of amides is 1. The molecule has 0 saturated carbocycles. The van der Waals surface area contributed by atoms with Crippen LogP contribution in [0.4, 0.5) is 0 Å². The number of unbranched alkanes of at least 4 members (excludes halogenated alkanes) is 36. The Labute approximate surface area is 356 Å². The summed E-state index contributed by atoms with van der Waals surface area (Å²) in [6.07, 6.45) is 59.1. The standard InChI is InChI=1S/C52H101NO4/c1-3-5-7-9-11-13-15-17-19-21-23-24-25-26-27-28-30-32-34-36-38-40-42-44-46-51(56)50(48-54)53-52(57)47-49(55)45-43-41-39-37-35-33-31-29-22-20-18-16-14-12-10-8-6-4-2/h29,31,44,46,49-51,54-56H,3-28,30,32-43,45,47-48H2,1-2H3,(H,53,57)/b31-29-,46-44+. The number of rotatable bonds is 47. The largest absolute Gasteiger partial charge is 0.394 e. The minimum Gasteiger partial charge on any atom is -0.394 e. The van der Waals surface area contributed by atoms with Crippen LogP contribution in [-0.4, -0.2) is 46.1 Å². The highest BCUT2D eigenvalue weighted by molar-refractivity contribution is 5.76. The SMILES string of the molecule is CCCCCCCCCCC/C=C\CCCCCCCC(O)CC(=O)NC(CO)C(O)/C=C/CCCCCCCCCCCCCCCCCCCCCCCC. The fourth-order valence-corrected chi connectivity index (χ4v) is 8.04. The molecular formula is C52H101NO4. The molecule has 0 spiro atoms. The van der Waals surface area contributed by atoms with Gasteiger partial charge in [-0.05, 0) is 44.9 Å². The van der Waals surface area contributed by atoms with Crippen LogP contribution in [0.5, 0.6) is 0 Å². The van der Waals surface area contributed by atoms with Gasteiger partial charge in [0.1, 0.15) is 0 Å². The second-order valence-corrected chi connectivity index (χ2v) is 17.8. The average Bonchev–Trinajstić information content (AvgIpc) is 3.20. The maximum Gasteiger partial charge on any atom is 0.222 e. The third kappa shape index (κ3) is 44.2. The van der Waals surface area contributed by atoms with E-state index in [9.17, 15) is 20.1 Å². The average molecular weight is 804 g/mol. The maximum atomic E-state index is 12.5. The summed E-state index contributed by atoms with van der Waals surface area (Å²) in [5.41, 5.74) is 0. The van der Waals surface area contributed by atoms with Crippen LogP contribution in [0.25, 0.3) is 0 Å². The van der Waals surface area contributed by atoms with E-state index >= 15 is 0 Å². The van der Waals surface area contributed by atoms with Crippen molar-refractivity contribution in [3.63, 3.8) is 0 Å². The summed E-state index contributed by atoms with van der Waals surface area (Å²) in [5.74, 6) is -0.317. The van der Waals surface area contributed by atoms with Crippen molar-refractivity contribution in [2.75, 3.05) is 6.61 Å². The molecule has 1 amide bonds. The lowest BCUT2D eigenvalue weighted by Crippen LogP contribution is -2.45. The summed E-state index contributed by atoms with van der Waals surface area (Å²) in [6, 6.07) is -0.746. The van der Waals surface area contributed by atoms with Crippen LogP contribution in [-0.2, 0) is 4.79 Å². The van der Waals surface area contributed by atoms with E-state index in [0.29, 0.717) is 6.42 Å². The molecule has 5 heteroatoms. The number of carbonyl (C=O) groups is 1. The highest BCUT2D eigenvalue weighted by Crippen LogP contribution is 2.17. The van der Waals surface area contributed by atoms with Crippen LogP contribution < -0.4 is 5.32 Å². The van der Waals surface area contributed by atoms with Gasteiger partial charge in [-0.3, -0.25) is 4.79 Å². The van der Waals surface area contributed by atoms with Gasteiger partial charge < -0.3 is 20.6 Å². The Morgan fingerprint density at radius 1 is 0.439 bits per heavy atom. The van der Waals surface area contributed by atoms with E-state index < -0.39 is 18.2 Å². The summed E-state index contributed by atoms with van der Waals surface area (Å²) in [7, 11) is 0. The first-order valence-corrected chi connectivity index (χ1v) is 25.6. The predicted octanol–water partition coefficient (Wildman–Crippen LogP) is 15.3. The van der Waals surface area contributed by atoms with Gasteiger partial charge in [0.25, 0.3) is 0 Å². The summed E-state index contributed by atoms with van der Waals surface area (Å²) in [5, 5.41) is 33.4. The highest BCUT2D eigenvalue weighted by Gasteiger charge is 2.20. The minimum atomic E-state index is -0.930. The van der Waals surface area contributed by atoms with Gasteiger partial charge >= 0.3 is 0 Å². The van der Waals surface area contributed by atoms with Crippen molar-refractivity contribution in [1.29, 1.82) is 0 Å². The first kappa shape index (κ1) is 55.8. The van der Waals surface area contributed by atoms with E-state index in [1.165, 1.54) is 212 Å². The number of aliphatic hydroxyl groups excluding tert-OH is 3. The van der Waals surface area contributed by atoms with Crippen molar-refractivity contribution in [3.05, 3.63) is 24.3 Å². The Hall–Kier alpha value is -1.17. The van der Waals surface area contributed by atoms with Crippen molar-refractivity contribution in [2.45, 2.75) is 295 Å². The lowest BCUT2D eigenvalue weighted by atomic mass is 10.0. The van der Waals surface area contributed by atoms with Crippen LogP contribution in [0.1, 0.15) is 277 Å². The monoisotopic (exact) mass is 804 g/mol. The Balaban J connectivity index is 3.60. The lowest BCUT2D eigenvalue weighted by molar-refractivity contribution is -0.124. The molecule has 0 aromatic heterocycles. The van der Waals surface area contributed by atoms with E-state index in [2.05, 4.69) is 31.3 Å². The van der Waals surface area contributed by atoms with Crippen molar-refractivity contribution >= 4 is 5.91 Å². The molecule has 0 aliphatic heterocycles. The number of nitrogens with one attached hydrogen (secondary N) is 1. The molecule has 3 unspecified atom stereocenters. The van der Waals surface area contributed by atoms with Gasteiger partial charge in [-0.2, -0.15) is 0 Å². The lowest BCUT2D eigenvalue weighted by Gasteiger charge is -2.21.